The van der Waals surface area contributed by atoms with E-state index >= 15 is 0 Å². The van der Waals surface area contributed by atoms with Gasteiger partial charge in [0.25, 0.3) is 0 Å². The van der Waals surface area contributed by atoms with E-state index in [1.807, 2.05) is 123 Å². The lowest BCUT2D eigenvalue weighted by Gasteiger charge is -2.20. The highest BCUT2D eigenvalue weighted by atomic mass is 16.5. The highest BCUT2D eigenvalue weighted by molar-refractivity contribution is 5.94. The number of rotatable bonds is 21. The van der Waals surface area contributed by atoms with E-state index in [1.165, 1.54) is 0 Å². The largest absolute Gasteiger partial charge is 0.484 e. The first-order valence-electron chi connectivity index (χ1n) is 21.3. The minimum atomic E-state index is -1.02. The van der Waals surface area contributed by atoms with E-state index in [4.69, 9.17) is 39.1 Å². The van der Waals surface area contributed by atoms with Crippen molar-refractivity contribution >= 4 is 17.7 Å². The molecule has 63 heavy (non-hydrogen) atoms. The summed E-state index contributed by atoms with van der Waals surface area (Å²) < 4.78 is 23.3. The molecule has 0 radical (unpaired) electrons. The van der Waals surface area contributed by atoms with Crippen LogP contribution in [0.2, 0.25) is 0 Å². The zero-order valence-corrected chi connectivity index (χ0v) is 36.6. The second-order valence-corrected chi connectivity index (χ2v) is 15.1. The Morgan fingerprint density at radius 2 is 1.00 bits per heavy atom. The monoisotopic (exact) mass is 852 g/mol. The van der Waals surface area contributed by atoms with E-state index in [2.05, 4.69) is 13.8 Å². The van der Waals surface area contributed by atoms with Crippen LogP contribution in [0.1, 0.15) is 104 Å². The fourth-order valence-corrected chi connectivity index (χ4v) is 6.70. The standard InChI is InChI=1S/C27H29NO5.C25H27NO4/c1-4-5-9-26(33-22-14-15-25(18(2)16-22)32-17-27(30)31)24-8-6-7-23(28-24)21-12-10-20(11-13-21)19(3)29;1-3-4-13-24(22-12-8-11-21(26-22)19-9-6-5-7-10-19)30-20-14-15-23(18(2)16-20)29-17-25(27)28/h6-8,10-16,26H,4-5,9,17H2,1-3H3,(H,30,31);5-12,14-16,24H,3-4,13,17H2,1-2H3,(H,27,28). The topological polar surface area (TPSA) is 154 Å². The van der Waals surface area contributed by atoms with Crippen LogP contribution in [0.5, 0.6) is 23.0 Å². The Morgan fingerprint density at radius 3 is 1.40 bits per heavy atom. The smallest absolute Gasteiger partial charge is 0.341 e. The van der Waals surface area contributed by atoms with E-state index in [0.717, 1.165) is 83.6 Å². The maximum atomic E-state index is 11.6. The third kappa shape index (κ3) is 14.6. The average Bonchev–Trinajstić information content (AvgIpc) is 3.29. The molecule has 0 aliphatic heterocycles. The average molecular weight is 853 g/mol. The van der Waals surface area contributed by atoms with E-state index in [-0.39, 0.29) is 31.2 Å². The molecule has 2 aromatic heterocycles. The molecule has 328 valence electrons. The van der Waals surface area contributed by atoms with Gasteiger partial charge in [-0.2, -0.15) is 0 Å². The summed E-state index contributed by atoms with van der Waals surface area (Å²) in [5.41, 5.74) is 7.79. The van der Waals surface area contributed by atoms with E-state index in [1.54, 1.807) is 25.1 Å². The molecule has 2 N–H and O–H groups in total. The highest BCUT2D eigenvalue weighted by Crippen LogP contribution is 2.32. The number of carbonyl (C=O) groups is 3. The van der Waals surface area contributed by atoms with Gasteiger partial charge in [-0.25, -0.2) is 19.6 Å². The van der Waals surface area contributed by atoms with Crippen LogP contribution in [-0.2, 0) is 9.59 Å². The maximum Gasteiger partial charge on any atom is 0.341 e. The summed E-state index contributed by atoms with van der Waals surface area (Å²) in [6.07, 6.45) is 5.39. The van der Waals surface area contributed by atoms with Crippen molar-refractivity contribution in [3.63, 3.8) is 0 Å². The van der Waals surface area contributed by atoms with Gasteiger partial charge < -0.3 is 29.2 Å². The number of hydrogen-bond donors (Lipinski definition) is 2. The number of aryl methyl sites for hydroxylation is 2. The lowest BCUT2D eigenvalue weighted by molar-refractivity contribution is -0.140. The van der Waals surface area contributed by atoms with E-state index < -0.39 is 11.9 Å². The highest BCUT2D eigenvalue weighted by Gasteiger charge is 2.19. The molecular weight excluding hydrogens is 797 g/mol. The number of ketones is 1. The third-order valence-electron chi connectivity index (χ3n) is 10.0. The van der Waals surface area contributed by atoms with Crippen molar-refractivity contribution in [2.45, 2.75) is 85.4 Å². The van der Waals surface area contributed by atoms with Crippen LogP contribution < -0.4 is 18.9 Å². The van der Waals surface area contributed by atoms with Crippen LogP contribution in [0.4, 0.5) is 0 Å². The Kier molecular flexibility index (Phi) is 17.8. The van der Waals surface area contributed by atoms with Crippen LogP contribution >= 0.6 is 0 Å². The van der Waals surface area contributed by atoms with Gasteiger partial charge in [0.15, 0.2) is 19.0 Å². The van der Waals surface area contributed by atoms with Crippen LogP contribution in [0.15, 0.2) is 127 Å². The minimum absolute atomic E-state index is 0.0333. The number of nitrogens with zero attached hydrogens (tertiary/aromatic N) is 2. The van der Waals surface area contributed by atoms with Crippen molar-refractivity contribution in [3.05, 3.63) is 155 Å². The lowest BCUT2D eigenvalue weighted by atomic mass is 10.0. The molecule has 0 fully saturated rings. The molecule has 11 nitrogen and oxygen atoms in total. The van der Waals surface area contributed by atoms with Gasteiger partial charge in [0.05, 0.1) is 22.8 Å². The minimum Gasteiger partial charge on any atom is -0.484 e. The number of unbranched alkanes of at least 4 members (excludes halogenated alkanes) is 2. The fourth-order valence-electron chi connectivity index (χ4n) is 6.70. The molecule has 4 aromatic carbocycles. The number of carboxylic acid groups (broad SMARTS) is 2. The summed E-state index contributed by atoms with van der Waals surface area (Å²) in [6, 6.07) is 40.2. The molecule has 6 rings (SSSR count). The van der Waals surface area contributed by atoms with Crippen molar-refractivity contribution in [2.75, 3.05) is 13.2 Å². The number of carboxylic acids is 2. The number of ether oxygens (including phenoxy) is 4. The van der Waals surface area contributed by atoms with Gasteiger partial charge in [0, 0.05) is 16.7 Å². The normalized spacial score (nSPS) is 11.6. The SMILES string of the molecule is CCCCC(Oc1ccc(OCC(=O)O)c(C)c1)c1cccc(-c2ccc(C(C)=O)cc2)n1.CCCCC(Oc1ccc(OCC(=O)O)c(C)c1)c1cccc(-c2ccccc2)n1. The summed E-state index contributed by atoms with van der Waals surface area (Å²) in [6.45, 7) is 8.82. The maximum absolute atomic E-state index is 11.6. The predicted octanol–water partition coefficient (Wildman–Crippen LogP) is 11.9. The van der Waals surface area contributed by atoms with Crippen molar-refractivity contribution < 1.29 is 43.5 Å². The second kappa shape index (κ2) is 23.8. The number of aromatic nitrogens is 2. The molecule has 0 aliphatic carbocycles. The molecule has 0 spiro atoms. The molecule has 0 aliphatic rings. The lowest BCUT2D eigenvalue weighted by Crippen LogP contribution is -2.11. The van der Waals surface area contributed by atoms with Crippen LogP contribution in [0, 0.1) is 13.8 Å². The second-order valence-electron chi connectivity index (χ2n) is 15.1. The first-order valence-corrected chi connectivity index (χ1v) is 21.3. The van der Waals surface area contributed by atoms with Crippen molar-refractivity contribution in [2.24, 2.45) is 0 Å². The van der Waals surface area contributed by atoms with Crippen molar-refractivity contribution in [3.8, 4) is 45.5 Å². The van der Waals surface area contributed by atoms with Gasteiger partial charge in [0.1, 0.15) is 35.2 Å². The summed E-state index contributed by atoms with van der Waals surface area (Å²) in [5.74, 6) is 0.460. The van der Waals surface area contributed by atoms with Gasteiger partial charge >= 0.3 is 11.9 Å². The molecule has 0 amide bonds. The Morgan fingerprint density at radius 1 is 0.556 bits per heavy atom. The number of aliphatic carboxylic acids is 2. The van der Waals surface area contributed by atoms with Gasteiger partial charge in [0.2, 0.25) is 0 Å². The first-order chi connectivity index (χ1) is 30.4. The molecule has 2 heterocycles. The quantitative estimate of drug-likeness (QED) is 0.0665. The number of carbonyl (C=O) groups excluding carboxylic acids is 1. The zero-order valence-electron chi connectivity index (χ0n) is 36.6. The fraction of sp³-hybridized carbons (Fsp3) is 0.288. The summed E-state index contributed by atoms with van der Waals surface area (Å²) in [4.78, 5) is 42.8. The van der Waals surface area contributed by atoms with Gasteiger partial charge in [-0.1, -0.05) is 93.4 Å². The number of benzene rings is 4. The van der Waals surface area contributed by atoms with Gasteiger partial charge in [-0.15, -0.1) is 0 Å². The molecule has 11 heteroatoms. The first kappa shape index (κ1) is 47.0. The summed E-state index contributed by atoms with van der Waals surface area (Å²) in [7, 11) is 0. The molecular formula is C52H56N2O9. The Bertz CT molecular complexity index is 2420. The number of hydrogen-bond acceptors (Lipinski definition) is 9. The molecule has 2 atom stereocenters. The molecule has 6 aromatic rings. The Labute approximate surface area is 369 Å². The predicted molar refractivity (Wildman–Crippen MR) is 244 cm³/mol. The molecule has 0 saturated carbocycles. The van der Waals surface area contributed by atoms with Crippen LogP contribution in [0.3, 0.4) is 0 Å². The van der Waals surface area contributed by atoms with E-state index in [9.17, 15) is 14.4 Å². The van der Waals surface area contributed by atoms with Crippen LogP contribution in [-0.4, -0.2) is 51.1 Å². The Balaban J connectivity index is 0.000000239. The third-order valence-corrected chi connectivity index (χ3v) is 10.0. The van der Waals surface area contributed by atoms with Gasteiger partial charge in [-0.3, -0.25) is 4.79 Å². The molecule has 2 unspecified atom stereocenters. The van der Waals surface area contributed by atoms with Crippen molar-refractivity contribution in [1.82, 2.24) is 9.97 Å². The molecule has 0 bridgehead atoms. The Hall–Kier alpha value is -7.01. The van der Waals surface area contributed by atoms with E-state index in [0.29, 0.717) is 28.6 Å². The molecule has 0 saturated heterocycles. The summed E-state index contributed by atoms with van der Waals surface area (Å²) in [5, 5.41) is 17.6. The van der Waals surface area contributed by atoms with Crippen molar-refractivity contribution in [1.29, 1.82) is 0 Å². The summed E-state index contributed by atoms with van der Waals surface area (Å²) >= 11 is 0. The van der Waals surface area contributed by atoms with Crippen LogP contribution in [0.25, 0.3) is 22.5 Å². The van der Waals surface area contributed by atoms with Gasteiger partial charge in [-0.05, 0) is 118 Å². The zero-order chi connectivity index (χ0) is 45.1. The number of pyridine rings is 2. The number of Topliss-reactive ketones (excluding diaryl/α,β-unsaturated/α-hetero) is 1.